The number of nitrogens with zero attached hydrogens (tertiary/aromatic N) is 1. The van der Waals surface area contributed by atoms with Gasteiger partial charge in [-0.1, -0.05) is 18.2 Å². The van der Waals surface area contributed by atoms with Crippen LogP contribution in [0.25, 0.3) is 0 Å². The van der Waals surface area contributed by atoms with Crippen LogP contribution in [-0.2, 0) is 16.1 Å². The first-order valence-electron chi connectivity index (χ1n) is 8.09. The number of benzene rings is 1. The van der Waals surface area contributed by atoms with Crippen LogP contribution >= 0.6 is 0 Å². The van der Waals surface area contributed by atoms with Gasteiger partial charge in [0, 0.05) is 26.1 Å². The van der Waals surface area contributed by atoms with Gasteiger partial charge in [0.1, 0.15) is 0 Å². The highest BCUT2D eigenvalue weighted by Gasteiger charge is 2.25. The topological polar surface area (TPSA) is 48.0 Å². The summed E-state index contributed by atoms with van der Waals surface area (Å²) in [6.45, 7) is 1.97. The molecule has 0 saturated carbocycles. The van der Waals surface area contributed by atoms with E-state index in [-0.39, 0.29) is 18.6 Å². The quantitative estimate of drug-likeness (QED) is 0.757. The van der Waals surface area contributed by atoms with Crippen LogP contribution in [0.5, 0.6) is 11.5 Å². The maximum absolute atomic E-state index is 12.8. The molecule has 5 nitrogen and oxygen atoms in total. The monoisotopic (exact) mass is 317 g/mol. The van der Waals surface area contributed by atoms with Gasteiger partial charge in [-0.05, 0) is 37.0 Å². The summed E-state index contributed by atoms with van der Waals surface area (Å²) in [5.74, 6) is 1.82. The standard InChI is InChI=1S/C18H23NO4/c1-21-10-9-19(18(20)15-5-3-2-4-6-15)12-14-7-8-16-17(11-14)23-13-22-16/h2-3,7-8,11,15H,4-6,9-10,12-13H2,1H3/t15-/m1/s1. The van der Waals surface area contributed by atoms with Crippen LogP contribution in [0.15, 0.2) is 30.4 Å². The Bertz CT molecular complexity index is 584. The van der Waals surface area contributed by atoms with E-state index >= 15 is 0 Å². The van der Waals surface area contributed by atoms with Gasteiger partial charge in [-0.2, -0.15) is 0 Å². The molecule has 124 valence electrons. The largest absolute Gasteiger partial charge is 0.454 e. The van der Waals surface area contributed by atoms with Crippen molar-refractivity contribution in [3.05, 3.63) is 35.9 Å². The van der Waals surface area contributed by atoms with Crippen molar-refractivity contribution in [1.29, 1.82) is 0 Å². The molecule has 0 spiro atoms. The molecule has 1 heterocycles. The third-order valence-corrected chi connectivity index (χ3v) is 4.31. The molecule has 0 aromatic heterocycles. The fourth-order valence-electron chi connectivity index (χ4n) is 3.00. The fraction of sp³-hybridized carbons (Fsp3) is 0.500. The highest BCUT2D eigenvalue weighted by molar-refractivity contribution is 5.79. The number of fused-ring (bicyclic) bond motifs is 1. The number of rotatable bonds is 6. The molecule has 1 aliphatic heterocycles. The highest BCUT2D eigenvalue weighted by Crippen LogP contribution is 2.33. The Hall–Kier alpha value is -2.01. The number of amides is 1. The number of carbonyl (C=O) groups excluding carboxylic acids is 1. The molecule has 0 fully saturated rings. The number of carbonyl (C=O) groups is 1. The van der Waals surface area contributed by atoms with Crippen molar-refractivity contribution in [3.8, 4) is 11.5 Å². The minimum Gasteiger partial charge on any atom is -0.454 e. The van der Waals surface area contributed by atoms with E-state index in [0.29, 0.717) is 19.7 Å². The first-order chi connectivity index (χ1) is 11.3. The molecule has 1 aromatic rings. The number of methoxy groups -OCH3 is 1. The Morgan fingerprint density at radius 1 is 1.30 bits per heavy atom. The smallest absolute Gasteiger partial charge is 0.231 e. The van der Waals surface area contributed by atoms with Crippen LogP contribution in [0.2, 0.25) is 0 Å². The Morgan fingerprint density at radius 3 is 2.96 bits per heavy atom. The summed E-state index contributed by atoms with van der Waals surface area (Å²) in [6.07, 6.45) is 7.02. The second-order valence-electron chi connectivity index (χ2n) is 5.92. The van der Waals surface area contributed by atoms with Gasteiger partial charge in [-0.25, -0.2) is 0 Å². The number of ether oxygens (including phenoxy) is 3. The summed E-state index contributed by atoms with van der Waals surface area (Å²) in [4.78, 5) is 14.7. The predicted octanol–water partition coefficient (Wildman–Crippen LogP) is 2.75. The molecule has 1 aliphatic carbocycles. The van der Waals surface area contributed by atoms with Crippen LogP contribution in [-0.4, -0.2) is 37.9 Å². The summed E-state index contributed by atoms with van der Waals surface area (Å²) in [5, 5.41) is 0. The van der Waals surface area contributed by atoms with Crippen LogP contribution in [0, 0.1) is 5.92 Å². The Labute approximate surface area is 136 Å². The van der Waals surface area contributed by atoms with E-state index in [1.807, 2.05) is 23.1 Å². The highest BCUT2D eigenvalue weighted by atomic mass is 16.7. The number of hydrogen-bond acceptors (Lipinski definition) is 4. The van der Waals surface area contributed by atoms with Gasteiger partial charge < -0.3 is 19.1 Å². The molecule has 23 heavy (non-hydrogen) atoms. The molecule has 0 unspecified atom stereocenters. The van der Waals surface area contributed by atoms with Crippen LogP contribution in [0.4, 0.5) is 0 Å². The molecule has 0 N–H and O–H groups in total. The summed E-state index contributed by atoms with van der Waals surface area (Å²) < 4.78 is 15.9. The van der Waals surface area contributed by atoms with E-state index < -0.39 is 0 Å². The zero-order chi connectivity index (χ0) is 16.1. The molecule has 3 rings (SSSR count). The van der Waals surface area contributed by atoms with Gasteiger partial charge >= 0.3 is 0 Å². The van der Waals surface area contributed by atoms with Crippen molar-refractivity contribution < 1.29 is 19.0 Å². The summed E-state index contributed by atoms with van der Waals surface area (Å²) in [5.41, 5.74) is 1.05. The maximum atomic E-state index is 12.8. The Balaban J connectivity index is 1.70. The number of allylic oxidation sites excluding steroid dienone is 2. The van der Waals surface area contributed by atoms with Gasteiger partial charge in [-0.3, -0.25) is 4.79 Å². The molecule has 1 amide bonds. The van der Waals surface area contributed by atoms with Crippen molar-refractivity contribution in [3.63, 3.8) is 0 Å². The van der Waals surface area contributed by atoms with Crippen molar-refractivity contribution >= 4 is 5.91 Å². The molecule has 0 saturated heterocycles. The lowest BCUT2D eigenvalue weighted by atomic mass is 9.93. The summed E-state index contributed by atoms with van der Waals surface area (Å²) >= 11 is 0. The lowest BCUT2D eigenvalue weighted by molar-refractivity contribution is -0.137. The van der Waals surface area contributed by atoms with Crippen molar-refractivity contribution in [2.45, 2.75) is 25.8 Å². The van der Waals surface area contributed by atoms with Crippen LogP contribution in [0.3, 0.4) is 0 Å². The summed E-state index contributed by atoms with van der Waals surface area (Å²) in [6, 6.07) is 5.84. The predicted molar refractivity (Wildman–Crippen MR) is 86.3 cm³/mol. The maximum Gasteiger partial charge on any atom is 0.231 e. The normalized spacial score (nSPS) is 18.9. The molecule has 5 heteroatoms. The minimum absolute atomic E-state index is 0.0888. The molecule has 1 aromatic carbocycles. The minimum atomic E-state index is 0.0888. The molecule has 2 aliphatic rings. The number of hydrogen-bond donors (Lipinski definition) is 0. The van der Waals surface area contributed by atoms with Crippen molar-refractivity contribution in [2.24, 2.45) is 5.92 Å². The van der Waals surface area contributed by atoms with E-state index in [9.17, 15) is 4.79 Å². The van der Waals surface area contributed by atoms with Crippen LogP contribution < -0.4 is 9.47 Å². The molecular weight excluding hydrogens is 294 g/mol. The van der Waals surface area contributed by atoms with Gasteiger partial charge in [0.15, 0.2) is 11.5 Å². The van der Waals surface area contributed by atoms with Gasteiger partial charge in [-0.15, -0.1) is 0 Å². The lowest BCUT2D eigenvalue weighted by Crippen LogP contribution is -2.38. The van der Waals surface area contributed by atoms with Crippen molar-refractivity contribution in [1.82, 2.24) is 4.90 Å². The Kier molecular flexibility index (Phi) is 5.18. The van der Waals surface area contributed by atoms with E-state index in [1.54, 1.807) is 7.11 Å². The first kappa shape index (κ1) is 15.9. The van der Waals surface area contributed by atoms with Gasteiger partial charge in [0.25, 0.3) is 0 Å². The molecule has 0 bridgehead atoms. The fourth-order valence-corrected chi connectivity index (χ4v) is 3.00. The first-order valence-corrected chi connectivity index (χ1v) is 8.09. The average molecular weight is 317 g/mol. The zero-order valence-electron chi connectivity index (χ0n) is 13.5. The zero-order valence-corrected chi connectivity index (χ0v) is 13.5. The third-order valence-electron chi connectivity index (χ3n) is 4.31. The third kappa shape index (κ3) is 3.85. The van der Waals surface area contributed by atoms with E-state index in [0.717, 1.165) is 36.3 Å². The van der Waals surface area contributed by atoms with E-state index in [2.05, 4.69) is 12.2 Å². The molecular formula is C18H23NO4. The molecule has 1 atom stereocenters. The van der Waals surface area contributed by atoms with Gasteiger partial charge in [0.05, 0.1) is 6.61 Å². The van der Waals surface area contributed by atoms with Gasteiger partial charge in [0.2, 0.25) is 12.7 Å². The van der Waals surface area contributed by atoms with Crippen LogP contribution in [0.1, 0.15) is 24.8 Å². The average Bonchev–Trinajstić information content (AvgIpc) is 3.06. The second kappa shape index (κ2) is 7.51. The summed E-state index contributed by atoms with van der Waals surface area (Å²) in [7, 11) is 1.66. The van der Waals surface area contributed by atoms with Crippen molar-refractivity contribution in [2.75, 3.05) is 27.1 Å². The Morgan fingerprint density at radius 2 is 2.17 bits per heavy atom. The lowest BCUT2D eigenvalue weighted by Gasteiger charge is -2.28. The molecule has 0 radical (unpaired) electrons. The van der Waals surface area contributed by atoms with E-state index in [4.69, 9.17) is 14.2 Å². The van der Waals surface area contributed by atoms with E-state index in [1.165, 1.54) is 0 Å². The second-order valence-corrected chi connectivity index (χ2v) is 5.92. The SMILES string of the molecule is COCCN(Cc1ccc2c(c1)OCO2)C(=O)[C@@H]1CC=CCC1.